The molecule has 3 heteroatoms. The fourth-order valence-corrected chi connectivity index (χ4v) is 4.39. The third-order valence-corrected chi connectivity index (χ3v) is 5.22. The fourth-order valence-electron chi connectivity index (χ4n) is 4.39. The molecule has 0 saturated carbocycles. The lowest BCUT2D eigenvalue weighted by molar-refractivity contribution is -0.0569. The standard InChI is InChI=1S/C17H27NO2/c1-3-5-6-7-15(19)16-17-9-8-14(20-17)11-13(17)12-18(16)10-4-2/h4,8-9,13-16,19H,2-3,5-7,10-12H2,1H3/t13-,14+,15+,16+,17-/m1/s1. The minimum absolute atomic E-state index is 0.103. The van der Waals surface area contributed by atoms with Crippen LogP contribution in [0.4, 0.5) is 0 Å². The molecule has 20 heavy (non-hydrogen) atoms. The van der Waals surface area contributed by atoms with Gasteiger partial charge < -0.3 is 9.84 Å². The highest BCUT2D eigenvalue weighted by Gasteiger charge is 2.62. The highest BCUT2D eigenvalue weighted by Crippen LogP contribution is 2.52. The van der Waals surface area contributed by atoms with E-state index in [4.69, 9.17) is 4.74 Å². The van der Waals surface area contributed by atoms with Crippen molar-refractivity contribution in [1.82, 2.24) is 4.90 Å². The van der Waals surface area contributed by atoms with Gasteiger partial charge in [0.05, 0.1) is 18.2 Å². The molecule has 2 fully saturated rings. The highest BCUT2D eigenvalue weighted by molar-refractivity contribution is 5.29. The number of aliphatic hydroxyl groups excluding tert-OH is 1. The van der Waals surface area contributed by atoms with Crippen LogP contribution in [0.15, 0.2) is 24.8 Å². The summed E-state index contributed by atoms with van der Waals surface area (Å²) in [7, 11) is 0. The van der Waals surface area contributed by atoms with Gasteiger partial charge in [-0.1, -0.05) is 44.4 Å². The van der Waals surface area contributed by atoms with Crippen LogP contribution in [0, 0.1) is 5.92 Å². The van der Waals surface area contributed by atoms with Crippen LogP contribution < -0.4 is 0 Å². The summed E-state index contributed by atoms with van der Waals surface area (Å²) in [4.78, 5) is 2.38. The number of rotatable bonds is 7. The van der Waals surface area contributed by atoms with Crippen LogP contribution in [-0.2, 0) is 4.74 Å². The van der Waals surface area contributed by atoms with Crippen molar-refractivity contribution in [2.24, 2.45) is 5.92 Å². The van der Waals surface area contributed by atoms with E-state index in [0.717, 1.165) is 32.4 Å². The van der Waals surface area contributed by atoms with Gasteiger partial charge in [-0.2, -0.15) is 0 Å². The summed E-state index contributed by atoms with van der Waals surface area (Å²) in [5.41, 5.74) is -0.223. The van der Waals surface area contributed by atoms with E-state index in [1.54, 1.807) is 0 Å². The maximum absolute atomic E-state index is 10.7. The molecule has 3 aliphatic rings. The largest absolute Gasteiger partial charge is 0.391 e. The number of ether oxygens (including phenoxy) is 1. The predicted octanol–water partition coefficient (Wildman–Crippen LogP) is 2.51. The first-order valence-corrected chi connectivity index (χ1v) is 8.11. The van der Waals surface area contributed by atoms with Crippen molar-refractivity contribution in [2.75, 3.05) is 13.1 Å². The summed E-state index contributed by atoms with van der Waals surface area (Å²) < 4.78 is 6.25. The van der Waals surface area contributed by atoms with Crippen LogP contribution in [-0.4, -0.2) is 46.9 Å². The molecule has 1 N–H and O–H groups in total. The Morgan fingerprint density at radius 2 is 2.40 bits per heavy atom. The molecule has 2 bridgehead atoms. The first kappa shape index (κ1) is 14.3. The number of likely N-dealkylation sites (tertiary alicyclic amines) is 1. The first-order valence-electron chi connectivity index (χ1n) is 8.11. The van der Waals surface area contributed by atoms with Gasteiger partial charge in [0.15, 0.2) is 0 Å². The van der Waals surface area contributed by atoms with Crippen molar-refractivity contribution in [3.63, 3.8) is 0 Å². The Kier molecular flexibility index (Phi) is 4.02. The van der Waals surface area contributed by atoms with E-state index in [-0.39, 0.29) is 23.9 Å². The SMILES string of the molecule is C=CCN1C[C@H]2C[C@@H]3C=C[C@]2(O3)[C@@H]1[C@@H](O)CCCCC. The van der Waals surface area contributed by atoms with Crippen molar-refractivity contribution in [3.8, 4) is 0 Å². The van der Waals surface area contributed by atoms with Gasteiger partial charge in [-0.3, -0.25) is 4.90 Å². The number of hydrogen-bond donors (Lipinski definition) is 1. The zero-order chi connectivity index (χ0) is 14.2. The minimum Gasteiger partial charge on any atom is -0.391 e. The van der Waals surface area contributed by atoms with Crippen molar-refractivity contribution < 1.29 is 9.84 Å². The molecule has 5 atom stereocenters. The van der Waals surface area contributed by atoms with E-state index in [1.807, 2.05) is 6.08 Å². The van der Waals surface area contributed by atoms with E-state index in [0.29, 0.717) is 5.92 Å². The quantitative estimate of drug-likeness (QED) is 0.573. The molecule has 0 aromatic heterocycles. The molecule has 0 amide bonds. The molecule has 0 aromatic carbocycles. The Bertz CT molecular complexity index is 394. The van der Waals surface area contributed by atoms with Crippen LogP contribution in [0.2, 0.25) is 0 Å². The molecule has 3 heterocycles. The summed E-state index contributed by atoms with van der Waals surface area (Å²) in [5.74, 6) is 0.545. The van der Waals surface area contributed by atoms with Gasteiger partial charge in [0.25, 0.3) is 0 Å². The Balaban J connectivity index is 1.76. The lowest BCUT2D eigenvalue weighted by atomic mass is 9.79. The molecule has 2 saturated heterocycles. The van der Waals surface area contributed by atoms with Gasteiger partial charge >= 0.3 is 0 Å². The maximum Gasteiger partial charge on any atom is 0.109 e. The minimum atomic E-state index is -0.298. The average Bonchev–Trinajstić information content (AvgIpc) is 3.05. The van der Waals surface area contributed by atoms with Gasteiger partial charge in [0, 0.05) is 19.0 Å². The molecule has 0 aliphatic carbocycles. The van der Waals surface area contributed by atoms with Gasteiger partial charge in [0.2, 0.25) is 0 Å². The third kappa shape index (κ3) is 2.16. The third-order valence-electron chi connectivity index (χ3n) is 5.22. The summed E-state index contributed by atoms with van der Waals surface area (Å²) in [6.07, 6.45) is 11.8. The maximum atomic E-state index is 10.7. The summed E-state index contributed by atoms with van der Waals surface area (Å²) >= 11 is 0. The van der Waals surface area contributed by atoms with E-state index < -0.39 is 0 Å². The smallest absolute Gasteiger partial charge is 0.109 e. The van der Waals surface area contributed by atoms with E-state index in [2.05, 4.69) is 30.6 Å². The molecule has 3 aliphatic heterocycles. The molecule has 0 unspecified atom stereocenters. The molecule has 0 aromatic rings. The second-order valence-corrected chi connectivity index (χ2v) is 6.55. The van der Waals surface area contributed by atoms with E-state index in [9.17, 15) is 5.11 Å². The van der Waals surface area contributed by atoms with Crippen LogP contribution >= 0.6 is 0 Å². The Labute approximate surface area is 122 Å². The average molecular weight is 277 g/mol. The molecule has 1 spiro atoms. The Morgan fingerprint density at radius 1 is 1.55 bits per heavy atom. The first-order chi connectivity index (χ1) is 9.71. The highest BCUT2D eigenvalue weighted by atomic mass is 16.5. The van der Waals surface area contributed by atoms with Gasteiger partial charge in [-0.15, -0.1) is 6.58 Å². The predicted molar refractivity (Wildman–Crippen MR) is 80.6 cm³/mol. The molecular formula is C17H27NO2. The fraction of sp³-hybridized carbons (Fsp3) is 0.765. The van der Waals surface area contributed by atoms with Crippen LogP contribution in [0.1, 0.15) is 39.0 Å². The summed E-state index contributed by atoms with van der Waals surface area (Å²) in [5, 5.41) is 10.7. The normalized spacial score (nSPS) is 40.2. The van der Waals surface area contributed by atoms with Gasteiger partial charge in [-0.25, -0.2) is 0 Å². The number of unbranched alkanes of at least 4 members (excludes halogenated alkanes) is 2. The number of fused-ring (bicyclic) bond motifs is 1. The second-order valence-electron chi connectivity index (χ2n) is 6.55. The second kappa shape index (κ2) is 5.63. The van der Waals surface area contributed by atoms with Crippen LogP contribution in [0.3, 0.4) is 0 Å². The zero-order valence-corrected chi connectivity index (χ0v) is 12.5. The van der Waals surface area contributed by atoms with E-state index >= 15 is 0 Å². The van der Waals surface area contributed by atoms with Gasteiger partial charge in [0.1, 0.15) is 5.60 Å². The number of hydrogen-bond acceptors (Lipinski definition) is 3. The Morgan fingerprint density at radius 3 is 3.10 bits per heavy atom. The lowest BCUT2D eigenvalue weighted by Crippen LogP contribution is -2.52. The monoisotopic (exact) mass is 277 g/mol. The summed E-state index contributed by atoms with van der Waals surface area (Å²) in [6.45, 7) is 7.94. The van der Waals surface area contributed by atoms with Crippen molar-refractivity contribution in [1.29, 1.82) is 0 Å². The van der Waals surface area contributed by atoms with Crippen molar-refractivity contribution in [3.05, 3.63) is 24.8 Å². The molecule has 3 rings (SSSR count). The summed E-state index contributed by atoms with van der Waals surface area (Å²) in [6, 6.07) is 0.103. The Hall–Kier alpha value is -0.640. The van der Waals surface area contributed by atoms with Gasteiger partial charge in [-0.05, 0) is 12.8 Å². The topological polar surface area (TPSA) is 32.7 Å². The number of nitrogens with zero attached hydrogens (tertiary/aromatic N) is 1. The molecule has 0 radical (unpaired) electrons. The molecule has 3 nitrogen and oxygen atoms in total. The molecule has 112 valence electrons. The number of aliphatic hydroxyl groups is 1. The van der Waals surface area contributed by atoms with Crippen LogP contribution in [0.25, 0.3) is 0 Å². The zero-order valence-electron chi connectivity index (χ0n) is 12.5. The van der Waals surface area contributed by atoms with Crippen molar-refractivity contribution in [2.45, 2.75) is 62.9 Å². The molecular weight excluding hydrogens is 250 g/mol. The van der Waals surface area contributed by atoms with Crippen molar-refractivity contribution >= 4 is 0 Å². The van der Waals surface area contributed by atoms with Crippen LogP contribution in [0.5, 0.6) is 0 Å². The lowest BCUT2D eigenvalue weighted by Gasteiger charge is -2.36. The van der Waals surface area contributed by atoms with E-state index in [1.165, 1.54) is 12.8 Å².